The average Bonchev–Trinajstić information content (AvgIpc) is 2.38. The first-order valence-corrected chi connectivity index (χ1v) is 6.19. The number of nitrogens with zero attached hydrogens (tertiary/aromatic N) is 2. The fourth-order valence-corrected chi connectivity index (χ4v) is 1.64. The lowest BCUT2D eigenvalue weighted by Crippen LogP contribution is -2.31. The minimum absolute atomic E-state index is 0.296. The summed E-state index contributed by atoms with van der Waals surface area (Å²) in [6.45, 7) is 6.72. The smallest absolute Gasteiger partial charge is 0.303 e. The van der Waals surface area contributed by atoms with Gasteiger partial charge in [0.25, 0.3) is 0 Å². The number of hydrogen-bond acceptors (Lipinski definition) is 4. The van der Waals surface area contributed by atoms with E-state index in [0.29, 0.717) is 5.57 Å². The zero-order valence-corrected chi connectivity index (χ0v) is 11.0. The maximum Gasteiger partial charge on any atom is 0.303 e. The molecule has 1 rings (SSSR count). The van der Waals surface area contributed by atoms with Crippen molar-refractivity contribution < 1.29 is 19.8 Å². The average molecular weight is 268 g/mol. The maximum atomic E-state index is 9.64. The lowest BCUT2D eigenvalue weighted by atomic mass is 10.1. The minimum Gasteiger partial charge on any atom is -0.481 e. The van der Waals surface area contributed by atoms with Crippen LogP contribution in [0.5, 0.6) is 0 Å². The highest BCUT2D eigenvalue weighted by atomic mass is 16.4. The molecule has 0 aromatic rings. The predicted octanol–water partition coefficient (Wildman–Crippen LogP) is 1.49. The standard InChI is InChI=1S/C9H14N2.C4H6O4/c1-9(7-10)8-11-5-3-2-4-6-11;5-3(6)1-2-4(7)8/h1-6,8H2;1-2H2,(H,5,6)(H,7,8). The SMILES string of the molecule is C=C(C#N)CN1CCCCC1.O=C(O)CCC(=O)O. The van der Waals surface area contributed by atoms with Crippen molar-refractivity contribution in [1.29, 1.82) is 5.26 Å². The van der Waals surface area contributed by atoms with Gasteiger partial charge in [0.15, 0.2) is 0 Å². The van der Waals surface area contributed by atoms with Crippen LogP contribution in [0.15, 0.2) is 12.2 Å². The lowest BCUT2D eigenvalue weighted by molar-refractivity contribution is -0.143. The number of likely N-dealkylation sites (tertiary alicyclic amines) is 1. The number of aliphatic carboxylic acids is 2. The van der Waals surface area contributed by atoms with Gasteiger partial charge in [0, 0.05) is 12.1 Å². The highest BCUT2D eigenvalue weighted by Crippen LogP contribution is 2.09. The van der Waals surface area contributed by atoms with E-state index in [0.717, 1.165) is 19.6 Å². The van der Waals surface area contributed by atoms with Gasteiger partial charge in [0.2, 0.25) is 0 Å². The minimum atomic E-state index is -1.08. The molecular formula is C13H20N2O4. The van der Waals surface area contributed by atoms with E-state index in [-0.39, 0.29) is 12.8 Å². The van der Waals surface area contributed by atoms with Crippen molar-refractivity contribution in [2.24, 2.45) is 0 Å². The Morgan fingerprint density at radius 1 is 1.11 bits per heavy atom. The van der Waals surface area contributed by atoms with Gasteiger partial charge in [-0.2, -0.15) is 5.26 Å². The first-order chi connectivity index (χ1) is 8.95. The summed E-state index contributed by atoms with van der Waals surface area (Å²) in [5.41, 5.74) is 0.687. The molecule has 0 amide bonds. The normalized spacial score (nSPS) is 14.7. The Morgan fingerprint density at radius 2 is 1.58 bits per heavy atom. The summed E-state index contributed by atoms with van der Waals surface area (Å²) in [6.07, 6.45) is 3.30. The van der Waals surface area contributed by atoms with E-state index in [1.165, 1.54) is 19.3 Å². The molecule has 0 radical (unpaired) electrons. The van der Waals surface area contributed by atoms with Crippen molar-refractivity contribution in [3.8, 4) is 6.07 Å². The van der Waals surface area contributed by atoms with Gasteiger partial charge in [0.1, 0.15) is 0 Å². The van der Waals surface area contributed by atoms with Crippen molar-refractivity contribution in [2.45, 2.75) is 32.1 Å². The molecule has 0 aromatic heterocycles. The molecule has 1 saturated heterocycles. The molecule has 0 atom stereocenters. The summed E-state index contributed by atoms with van der Waals surface area (Å²) in [6, 6.07) is 2.08. The van der Waals surface area contributed by atoms with Crippen LogP contribution in [0.4, 0.5) is 0 Å². The third kappa shape index (κ3) is 11.0. The molecule has 1 aliphatic rings. The number of rotatable bonds is 5. The van der Waals surface area contributed by atoms with E-state index in [9.17, 15) is 9.59 Å². The van der Waals surface area contributed by atoms with Crippen molar-refractivity contribution in [1.82, 2.24) is 4.90 Å². The van der Waals surface area contributed by atoms with Crippen molar-refractivity contribution in [3.05, 3.63) is 12.2 Å². The quantitative estimate of drug-likeness (QED) is 0.732. The highest BCUT2D eigenvalue weighted by Gasteiger charge is 2.09. The fraction of sp³-hybridized carbons (Fsp3) is 0.615. The third-order valence-electron chi connectivity index (χ3n) is 2.57. The molecule has 0 aromatic carbocycles. The van der Waals surface area contributed by atoms with Gasteiger partial charge < -0.3 is 10.2 Å². The Hall–Kier alpha value is -1.87. The van der Waals surface area contributed by atoms with E-state index >= 15 is 0 Å². The second-order valence-corrected chi connectivity index (χ2v) is 4.34. The number of nitriles is 1. The Balaban J connectivity index is 0.000000362. The largest absolute Gasteiger partial charge is 0.481 e. The van der Waals surface area contributed by atoms with E-state index < -0.39 is 11.9 Å². The van der Waals surface area contributed by atoms with E-state index in [2.05, 4.69) is 17.5 Å². The van der Waals surface area contributed by atoms with Crippen molar-refractivity contribution in [2.75, 3.05) is 19.6 Å². The Kier molecular flexibility index (Phi) is 9.10. The fourth-order valence-electron chi connectivity index (χ4n) is 1.64. The van der Waals surface area contributed by atoms with Crippen LogP contribution < -0.4 is 0 Å². The number of carboxylic acids is 2. The van der Waals surface area contributed by atoms with Gasteiger partial charge in [-0.25, -0.2) is 0 Å². The molecule has 2 N–H and O–H groups in total. The van der Waals surface area contributed by atoms with Crippen LogP contribution in [0.3, 0.4) is 0 Å². The highest BCUT2D eigenvalue weighted by molar-refractivity contribution is 5.75. The zero-order chi connectivity index (χ0) is 14.7. The van der Waals surface area contributed by atoms with Gasteiger partial charge >= 0.3 is 11.9 Å². The molecule has 0 aliphatic carbocycles. The van der Waals surface area contributed by atoms with Crippen LogP contribution in [-0.4, -0.2) is 46.7 Å². The first kappa shape index (κ1) is 17.1. The molecule has 1 fully saturated rings. The van der Waals surface area contributed by atoms with Gasteiger partial charge in [-0.1, -0.05) is 13.0 Å². The zero-order valence-electron chi connectivity index (χ0n) is 11.0. The third-order valence-corrected chi connectivity index (χ3v) is 2.57. The van der Waals surface area contributed by atoms with E-state index in [1.54, 1.807) is 0 Å². The van der Waals surface area contributed by atoms with Gasteiger partial charge in [-0.05, 0) is 25.9 Å². The second-order valence-electron chi connectivity index (χ2n) is 4.34. The number of piperidine rings is 1. The van der Waals surface area contributed by atoms with Crippen LogP contribution >= 0.6 is 0 Å². The summed E-state index contributed by atoms with van der Waals surface area (Å²) < 4.78 is 0. The Morgan fingerprint density at radius 3 is 1.95 bits per heavy atom. The van der Waals surface area contributed by atoms with Crippen LogP contribution in [0.2, 0.25) is 0 Å². The summed E-state index contributed by atoms with van der Waals surface area (Å²) in [5.74, 6) is -2.15. The molecule has 106 valence electrons. The molecular weight excluding hydrogens is 248 g/mol. The summed E-state index contributed by atoms with van der Waals surface area (Å²) >= 11 is 0. The number of carboxylic acid groups (broad SMARTS) is 2. The van der Waals surface area contributed by atoms with Crippen molar-refractivity contribution >= 4 is 11.9 Å². The molecule has 6 heteroatoms. The van der Waals surface area contributed by atoms with Crippen LogP contribution in [0.25, 0.3) is 0 Å². The van der Waals surface area contributed by atoms with Crippen LogP contribution in [0.1, 0.15) is 32.1 Å². The topological polar surface area (TPSA) is 102 Å². The van der Waals surface area contributed by atoms with E-state index in [1.807, 2.05) is 0 Å². The predicted molar refractivity (Wildman–Crippen MR) is 69.5 cm³/mol. The monoisotopic (exact) mass is 268 g/mol. The Labute approximate surface area is 112 Å². The maximum absolute atomic E-state index is 9.64. The first-order valence-electron chi connectivity index (χ1n) is 6.19. The van der Waals surface area contributed by atoms with Crippen LogP contribution in [0, 0.1) is 11.3 Å². The summed E-state index contributed by atoms with van der Waals surface area (Å²) in [5, 5.41) is 24.3. The summed E-state index contributed by atoms with van der Waals surface area (Å²) in [7, 11) is 0. The molecule has 0 saturated carbocycles. The molecule has 1 heterocycles. The summed E-state index contributed by atoms with van der Waals surface area (Å²) in [4.78, 5) is 21.6. The Bertz CT molecular complexity index is 340. The number of carbonyl (C=O) groups is 2. The molecule has 19 heavy (non-hydrogen) atoms. The molecule has 1 aliphatic heterocycles. The number of hydrogen-bond donors (Lipinski definition) is 2. The second kappa shape index (κ2) is 10.1. The van der Waals surface area contributed by atoms with Crippen molar-refractivity contribution in [3.63, 3.8) is 0 Å². The van der Waals surface area contributed by atoms with Gasteiger partial charge in [-0.15, -0.1) is 0 Å². The lowest BCUT2D eigenvalue weighted by Gasteiger charge is -2.25. The molecule has 0 spiro atoms. The molecule has 0 unspecified atom stereocenters. The van der Waals surface area contributed by atoms with E-state index in [4.69, 9.17) is 15.5 Å². The van der Waals surface area contributed by atoms with Crippen LogP contribution in [-0.2, 0) is 9.59 Å². The molecule has 0 bridgehead atoms. The van der Waals surface area contributed by atoms with Gasteiger partial charge in [0.05, 0.1) is 18.9 Å². The van der Waals surface area contributed by atoms with Gasteiger partial charge in [-0.3, -0.25) is 14.5 Å². The molecule has 6 nitrogen and oxygen atoms in total.